The van der Waals surface area contributed by atoms with E-state index in [0.717, 1.165) is 35.0 Å². The molecule has 0 bridgehead atoms. The molecule has 3 aromatic rings. The highest BCUT2D eigenvalue weighted by atomic mass is 16.2. The monoisotopic (exact) mass is 367 g/mol. The molecular weight excluding hydrogens is 346 g/mol. The Bertz CT molecular complexity index is 1080. The number of fused-ring (bicyclic) bond motifs is 1. The summed E-state index contributed by atoms with van der Waals surface area (Å²) in [6, 6.07) is 19.2. The molecule has 1 heterocycles. The van der Waals surface area contributed by atoms with Crippen molar-refractivity contribution in [3.63, 3.8) is 0 Å². The van der Waals surface area contributed by atoms with Crippen LogP contribution in [0.1, 0.15) is 45.9 Å². The third kappa shape index (κ3) is 3.65. The van der Waals surface area contributed by atoms with Gasteiger partial charge in [0.1, 0.15) is 0 Å². The second-order valence-corrected chi connectivity index (χ2v) is 7.17. The van der Waals surface area contributed by atoms with E-state index in [4.69, 9.17) is 10.2 Å². The Morgan fingerprint density at radius 3 is 2.64 bits per heavy atom. The lowest BCUT2D eigenvalue weighted by Crippen LogP contribution is -2.31. The van der Waals surface area contributed by atoms with E-state index in [9.17, 15) is 4.79 Å². The molecule has 1 amide bonds. The maximum Gasteiger partial charge on any atom is 0.255 e. The molecule has 138 valence electrons. The molecule has 0 aliphatic heterocycles. The molecule has 28 heavy (non-hydrogen) atoms. The minimum atomic E-state index is -0.0234. The molecule has 1 aliphatic carbocycles. The smallest absolute Gasteiger partial charge is 0.255 e. The summed E-state index contributed by atoms with van der Waals surface area (Å²) in [5.41, 5.74) is 4.17. The minimum Gasteiger partial charge on any atom is -0.331 e. The molecule has 0 saturated heterocycles. The summed E-state index contributed by atoms with van der Waals surface area (Å²) in [7, 11) is 0. The molecule has 4 nitrogen and oxygen atoms in total. The first-order valence-corrected chi connectivity index (χ1v) is 9.48. The van der Waals surface area contributed by atoms with Crippen LogP contribution in [0.3, 0.4) is 0 Å². The average molecular weight is 367 g/mol. The molecule has 0 atom stereocenters. The van der Waals surface area contributed by atoms with Crippen molar-refractivity contribution in [1.82, 2.24) is 9.88 Å². The summed E-state index contributed by atoms with van der Waals surface area (Å²) in [5, 5.41) is 9.85. The van der Waals surface area contributed by atoms with Gasteiger partial charge in [-0.25, -0.2) is 0 Å². The number of carbonyl (C=O) groups excluding carboxylic acids is 1. The highest BCUT2D eigenvalue weighted by Gasteiger charge is 2.27. The molecule has 0 unspecified atom stereocenters. The van der Waals surface area contributed by atoms with E-state index in [1.165, 1.54) is 0 Å². The summed E-state index contributed by atoms with van der Waals surface area (Å²) in [6.45, 7) is 4.73. The van der Waals surface area contributed by atoms with Crippen molar-refractivity contribution in [3.05, 3.63) is 89.6 Å². The number of benzene rings is 2. The predicted octanol–water partition coefficient (Wildman–Crippen LogP) is 4.81. The van der Waals surface area contributed by atoms with Gasteiger partial charge in [-0.15, -0.1) is 6.58 Å². The summed E-state index contributed by atoms with van der Waals surface area (Å²) >= 11 is 0. The maximum absolute atomic E-state index is 13.5. The van der Waals surface area contributed by atoms with Crippen molar-refractivity contribution < 1.29 is 4.79 Å². The van der Waals surface area contributed by atoms with Crippen LogP contribution in [0.25, 0.3) is 10.9 Å². The third-order valence-corrected chi connectivity index (χ3v) is 5.06. The largest absolute Gasteiger partial charge is 0.331 e. The zero-order valence-corrected chi connectivity index (χ0v) is 15.6. The number of nitrogens with zero attached hydrogens (tertiary/aromatic N) is 3. The fourth-order valence-electron chi connectivity index (χ4n) is 3.41. The van der Waals surface area contributed by atoms with Gasteiger partial charge in [0, 0.05) is 30.1 Å². The number of amides is 1. The van der Waals surface area contributed by atoms with E-state index < -0.39 is 0 Å². The first-order valence-electron chi connectivity index (χ1n) is 9.48. The lowest BCUT2D eigenvalue weighted by atomic mass is 10.0. The quantitative estimate of drug-likeness (QED) is 0.587. The van der Waals surface area contributed by atoms with Gasteiger partial charge >= 0.3 is 0 Å². The summed E-state index contributed by atoms with van der Waals surface area (Å²) in [6.07, 6.45) is 4.02. The van der Waals surface area contributed by atoms with Crippen LogP contribution in [0.2, 0.25) is 0 Å². The number of pyridine rings is 1. The number of rotatable bonds is 6. The Labute approximate surface area is 164 Å². The highest BCUT2D eigenvalue weighted by Crippen LogP contribution is 2.40. The topological polar surface area (TPSA) is 57.0 Å². The fourth-order valence-corrected chi connectivity index (χ4v) is 3.41. The number of carbonyl (C=O) groups is 1. The van der Waals surface area contributed by atoms with Crippen molar-refractivity contribution >= 4 is 16.8 Å². The van der Waals surface area contributed by atoms with Gasteiger partial charge in [-0.3, -0.25) is 9.78 Å². The predicted molar refractivity (Wildman–Crippen MR) is 110 cm³/mol. The van der Waals surface area contributed by atoms with Crippen molar-refractivity contribution in [1.29, 1.82) is 5.26 Å². The van der Waals surface area contributed by atoms with Crippen molar-refractivity contribution in [2.75, 3.05) is 6.54 Å². The zero-order valence-electron chi connectivity index (χ0n) is 15.6. The molecule has 0 radical (unpaired) electrons. The molecule has 1 fully saturated rings. The summed E-state index contributed by atoms with van der Waals surface area (Å²) < 4.78 is 0. The van der Waals surface area contributed by atoms with Gasteiger partial charge in [-0.1, -0.05) is 36.4 Å². The van der Waals surface area contributed by atoms with E-state index in [1.54, 1.807) is 23.1 Å². The van der Waals surface area contributed by atoms with E-state index in [1.807, 2.05) is 42.5 Å². The normalized spacial score (nSPS) is 13.1. The Kier molecular flexibility index (Phi) is 4.90. The van der Waals surface area contributed by atoms with Gasteiger partial charge < -0.3 is 4.90 Å². The lowest BCUT2D eigenvalue weighted by molar-refractivity contribution is 0.0764. The molecule has 0 spiro atoms. The average Bonchev–Trinajstić information content (AvgIpc) is 3.58. The standard InChI is InChI=1S/C24H21N3O/c1-2-13-27(16-18-9-7-17(15-25)8-10-18)24(28)21-14-23(19-11-12-19)26-22-6-4-3-5-20(21)22/h2-10,14,19H,1,11-13,16H2. The van der Waals surface area contributed by atoms with Gasteiger partial charge in [0.25, 0.3) is 5.91 Å². The van der Waals surface area contributed by atoms with E-state index in [0.29, 0.717) is 30.1 Å². The third-order valence-electron chi connectivity index (χ3n) is 5.06. The molecule has 1 saturated carbocycles. The van der Waals surface area contributed by atoms with Gasteiger partial charge in [0.15, 0.2) is 0 Å². The van der Waals surface area contributed by atoms with Gasteiger partial charge in [-0.05, 0) is 42.7 Å². The van der Waals surface area contributed by atoms with Crippen LogP contribution in [-0.4, -0.2) is 22.3 Å². The van der Waals surface area contributed by atoms with E-state index in [-0.39, 0.29) is 5.91 Å². The van der Waals surface area contributed by atoms with Crippen molar-refractivity contribution in [2.45, 2.75) is 25.3 Å². The van der Waals surface area contributed by atoms with Crippen LogP contribution in [0.4, 0.5) is 0 Å². The molecule has 2 aromatic carbocycles. The van der Waals surface area contributed by atoms with E-state index >= 15 is 0 Å². The molecule has 1 aromatic heterocycles. The summed E-state index contributed by atoms with van der Waals surface area (Å²) in [4.78, 5) is 20.0. The maximum atomic E-state index is 13.5. The van der Waals surface area contributed by atoms with Crippen LogP contribution in [0.5, 0.6) is 0 Å². The van der Waals surface area contributed by atoms with Crippen LogP contribution >= 0.6 is 0 Å². The van der Waals surface area contributed by atoms with Crippen LogP contribution < -0.4 is 0 Å². The Hall–Kier alpha value is -3.45. The summed E-state index contributed by atoms with van der Waals surface area (Å²) in [5.74, 6) is 0.451. The SMILES string of the molecule is C=CCN(Cc1ccc(C#N)cc1)C(=O)c1cc(C2CC2)nc2ccccc12. The second kappa shape index (κ2) is 7.66. The lowest BCUT2D eigenvalue weighted by Gasteiger charge is -2.22. The first kappa shape index (κ1) is 17.9. The molecule has 0 N–H and O–H groups in total. The number of nitriles is 1. The Balaban J connectivity index is 1.70. The first-order chi connectivity index (χ1) is 13.7. The molecular formula is C24H21N3O. The van der Waals surface area contributed by atoms with Crippen molar-refractivity contribution in [3.8, 4) is 6.07 Å². The fraction of sp³-hybridized carbons (Fsp3) is 0.208. The minimum absolute atomic E-state index is 0.0234. The van der Waals surface area contributed by atoms with Crippen LogP contribution in [0.15, 0.2) is 67.3 Å². The van der Waals surface area contributed by atoms with Gasteiger partial charge in [0.05, 0.1) is 22.7 Å². The number of aromatic nitrogens is 1. The number of para-hydroxylation sites is 1. The van der Waals surface area contributed by atoms with Crippen LogP contribution in [0, 0.1) is 11.3 Å². The zero-order chi connectivity index (χ0) is 19.5. The number of hydrogen-bond donors (Lipinski definition) is 0. The van der Waals surface area contributed by atoms with Crippen molar-refractivity contribution in [2.24, 2.45) is 0 Å². The van der Waals surface area contributed by atoms with Crippen LogP contribution in [-0.2, 0) is 6.54 Å². The van der Waals surface area contributed by atoms with E-state index in [2.05, 4.69) is 12.6 Å². The second-order valence-electron chi connectivity index (χ2n) is 7.17. The Morgan fingerprint density at radius 1 is 1.21 bits per heavy atom. The number of hydrogen-bond acceptors (Lipinski definition) is 3. The molecule has 4 heteroatoms. The Morgan fingerprint density at radius 2 is 1.96 bits per heavy atom. The molecule has 4 rings (SSSR count). The van der Waals surface area contributed by atoms with Gasteiger partial charge in [0.2, 0.25) is 0 Å². The van der Waals surface area contributed by atoms with Gasteiger partial charge in [-0.2, -0.15) is 5.26 Å². The highest BCUT2D eigenvalue weighted by molar-refractivity contribution is 6.06. The molecule has 1 aliphatic rings.